The van der Waals surface area contributed by atoms with Gasteiger partial charge in [0.1, 0.15) is 0 Å². The fraction of sp³-hybridized carbons (Fsp3) is 0.267. The van der Waals surface area contributed by atoms with Crippen molar-refractivity contribution in [3.63, 3.8) is 0 Å². The summed E-state index contributed by atoms with van der Waals surface area (Å²) >= 11 is 4.04. The summed E-state index contributed by atoms with van der Waals surface area (Å²) in [5, 5.41) is 5.69. The fourth-order valence-electron chi connectivity index (χ4n) is 2.38. The molecule has 0 bridgehead atoms. The Bertz CT molecular complexity index is 773. The molecule has 0 amide bonds. The maximum atomic E-state index is 4.62. The fourth-order valence-corrected chi connectivity index (χ4v) is 3.96. The summed E-state index contributed by atoms with van der Waals surface area (Å²) in [6.45, 7) is 7.15. The van der Waals surface area contributed by atoms with Crippen LogP contribution < -0.4 is 5.32 Å². The van der Waals surface area contributed by atoms with Gasteiger partial charge >= 0.3 is 0 Å². The first-order valence-corrected chi connectivity index (χ1v) is 8.44. The molecule has 0 aliphatic rings. The number of thiazole rings is 1. The number of rotatable bonds is 3. The predicted molar refractivity (Wildman–Crippen MR) is 93.8 cm³/mol. The number of hydrogen-bond acceptors (Lipinski definition) is 3. The van der Waals surface area contributed by atoms with E-state index in [9.17, 15) is 0 Å². The number of anilines is 1. The second-order valence-corrected chi connectivity index (χ2v) is 7.03. The average Bonchev–Trinajstić information content (AvgIpc) is 2.89. The Kier molecular flexibility index (Phi) is 3.72. The summed E-state index contributed by atoms with van der Waals surface area (Å²) in [6, 6.07) is 6.47. The lowest BCUT2D eigenvalue weighted by atomic mass is 10.2. The Morgan fingerprint density at radius 1 is 1.30 bits per heavy atom. The Morgan fingerprint density at radius 3 is 2.85 bits per heavy atom. The lowest BCUT2D eigenvalue weighted by Gasteiger charge is -2.10. The lowest BCUT2D eigenvalue weighted by molar-refractivity contribution is 0.965. The van der Waals surface area contributed by atoms with E-state index in [4.69, 9.17) is 0 Å². The molecule has 0 spiro atoms. The maximum Gasteiger partial charge on any atom is 0.194 e. The van der Waals surface area contributed by atoms with Crippen molar-refractivity contribution in [2.75, 3.05) is 5.32 Å². The number of hydrogen-bond donors (Lipinski definition) is 1. The first-order valence-electron chi connectivity index (χ1n) is 6.48. The van der Waals surface area contributed by atoms with Crippen molar-refractivity contribution < 1.29 is 0 Å². The highest BCUT2D eigenvalue weighted by Crippen LogP contribution is 2.23. The third-order valence-electron chi connectivity index (χ3n) is 3.46. The van der Waals surface area contributed by atoms with Crippen LogP contribution in [0.1, 0.15) is 22.6 Å². The SMILES string of the molecule is Cc1cc(I)ccc1NCc1c(C)nc2scc(C)n12. The summed E-state index contributed by atoms with van der Waals surface area (Å²) in [5.41, 5.74) is 6.07. The van der Waals surface area contributed by atoms with Gasteiger partial charge in [0.05, 0.1) is 17.9 Å². The van der Waals surface area contributed by atoms with Crippen molar-refractivity contribution in [1.29, 1.82) is 0 Å². The van der Waals surface area contributed by atoms with E-state index in [1.165, 1.54) is 26.2 Å². The molecule has 3 nitrogen and oxygen atoms in total. The van der Waals surface area contributed by atoms with Gasteiger partial charge in [0.25, 0.3) is 0 Å². The normalized spacial score (nSPS) is 11.2. The van der Waals surface area contributed by atoms with E-state index in [1.807, 2.05) is 0 Å². The molecular formula is C15H16IN3S. The Balaban J connectivity index is 1.90. The zero-order valence-electron chi connectivity index (χ0n) is 11.7. The molecule has 0 aliphatic carbocycles. The van der Waals surface area contributed by atoms with Gasteiger partial charge in [0, 0.05) is 20.3 Å². The molecule has 20 heavy (non-hydrogen) atoms. The molecule has 0 fully saturated rings. The van der Waals surface area contributed by atoms with E-state index in [1.54, 1.807) is 11.3 Å². The highest BCUT2D eigenvalue weighted by molar-refractivity contribution is 14.1. The van der Waals surface area contributed by atoms with Crippen molar-refractivity contribution in [3.05, 3.63) is 49.8 Å². The molecule has 1 aromatic carbocycles. The lowest BCUT2D eigenvalue weighted by Crippen LogP contribution is -2.05. The van der Waals surface area contributed by atoms with Gasteiger partial charge in [-0.15, -0.1) is 11.3 Å². The van der Waals surface area contributed by atoms with Gasteiger partial charge in [0.15, 0.2) is 4.96 Å². The van der Waals surface area contributed by atoms with Gasteiger partial charge in [-0.3, -0.25) is 4.40 Å². The smallest absolute Gasteiger partial charge is 0.194 e. The van der Waals surface area contributed by atoms with Gasteiger partial charge in [0.2, 0.25) is 0 Å². The number of halogens is 1. The van der Waals surface area contributed by atoms with E-state index in [-0.39, 0.29) is 0 Å². The Morgan fingerprint density at radius 2 is 2.10 bits per heavy atom. The van der Waals surface area contributed by atoms with Crippen LogP contribution in [-0.2, 0) is 6.54 Å². The minimum absolute atomic E-state index is 0.798. The molecule has 0 radical (unpaired) electrons. The van der Waals surface area contributed by atoms with Crippen molar-refractivity contribution >= 4 is 44.6 Å². The van der Waals surface area contributed by atoms with Gasteiger partial charge in [-0.2, -0.15) is 0 Å². The molecule has 2 heterocycles. The number of benzene rings is 1. The van der Waals surface area contributed by atoms with E-state index in [0.29, 0.717) is 0 Å². The van der Waals surface area contributed by atoms with Crippen molar-refractivity contribution in [2.45, 2.75) is 27.3 Å². The average molecular weight is 397 g/mol. The zero-order chi connectivity index (χ0) is 14.3. The number of aryl methyl sites for hydroxylation is 3. The van der Waals surface area contributed by atoms with Crippen LogP contribution in [0.4, 0.5) is 5.69 Å². The molecule has 2 aromatic heterocycles. The van der Waals surface area contributed by atoms with E-state index in [2.05, 4.69) is 81.6 Å². The molecule has 3 rings (SSSR count). The largest absolute Gasteiger partial charge is 0.379 e. The van der Waals surface area contributed by atoms with E-state index < -0.39 is 0 Å². The highest BCUT2D eigenvalue weighted by atomic mass is 127. The summed E-state index contributed by atoms with van der Waals surface area (Å²) in [4.78, 5) is 5.70. The third kappa shape index (κ3) is 2.44. The van der Waals surface area contributed by atoms with Gasteiger partial charge in [-0.25, -0.2) is 4.98 Å². The van der Waals surface area contributed by atoms with Crippen molar-refractivity contribution in [1.82, 2.24) is 9.38 Å². The van der Waals surface area contributed by atoms with Crippen molar-refractivity contribution in [3.8, 4) is 0 Å². The number of fused-ring (bicyclic) bond motifs is 1. The predicted octanol–water partition coefficient (Wildman–Crippen LogP) is 4.54. The van der Waals surface area contributed by atoms with Crippen LogP contribution in [0.15, 0.2) is 23.6 Å². The van der Waals surface area contributed by atoms with E-state index in [0.717, 1.165) is 17.2 Å². The quantitative estimate of drug-likeness (QED) is 0.658. The van der Waals surface area contributed by atoms with Crippen LogP contribution >= 0.6 is 33.9 Å². The second kappa shape index (κ2) is 5.37. The van der Waals surface area contributed by atoms with Gasteiger partial charge in [-0.1, -0.05) is 0 Å². The third-order valence-corrected chi connectivity index (χ3v) is 5.08. The molecule has 0 atom stereocenters. The molecule has 104 valence electrons. The van der Waals surface area contributed by atoms with Crippen LogP contribution in [0.2, 0.25) is 0 Å². The highest BCUT2D eigenvalue weighted by Gasteiger charge is 2.12. The molecule has 0 saturated heterocycles. The molecule has 1 N–H and O–H groups in total. The molecule has 0 unspecified atom stereocenters. The standard InChI is InChI=1S/C15H16IN3S/c1-9-6-12(16)4-5-13(9)17-7-14-11(3)18-15-19(14)10(2)8-20-15/h4-6,8,17H,7H2,1-3H3. The monoisotopic (exact) mass is 397 g/mol. The molecule has 5 heteroatoms. The minimum atomic E-state index is 0.798. The maximum absolute atomic E-state index is 4.62. The first kappa shape index (κ1) is 13.9. The van der Waals surface area contributed by atoms with E-state index >= 15 is 0 Å². The second-order valence-electron chi connectivity index (χ2n) is 4.95. The Labute approximate surface area is 136 Å². The zero-order valence-corrected chi connectivity index (χ0v) is 14.7. The Hall–Kier alpha value is -1.08. The molecule has 0 saturated carbocycles. The minimum Gasteiger partial charge on any atom is -0.379 e. The van der Waals surface area contributed by atoms with Gasteiger partial charge < -0.3 is 5.32 Å². The summed E-state index contributed by atoms with van der Waals surface area (Å²) in [5.74, 6) is 0. The number of imidazole rings is 1. The van der Waals surface area contributed by atoms with Crippen LogP contribution in [0, 0.1) is 24.3 Å². The first-order chi connectivity index (χ1) is 9.56. The van der Waals surface area contributed by atoms with Crippen molar-refractivity contribution in [2.24, 2.45) is 0 Å². The molecule has 0 aliphatic heterocycles. The topological polar surface area (TPSA) is 29.3 Å². The molecular weight excluding hydrogens is 381 g/mol. The number of nitrogens with zero attached hydrogens (tertiary/aromatic N) is 2. The van der Waals surface area contributed by atoms with Gasteiger partial charge in [-0.05, 0) is 67.1 Å². The summed E-state index contributed by atoms with van der Waals surface area (Å²) < 4.78 is 3.51. The molecule has 3 aromatic rings. The van der Waals surface area contributed by atoms with Crippen LogP contribution in [0.3, 0.4) is 0 Å². The van der Waals surface area contributed by atoms with Crippen LogP contribution in [0.25, 0.3) is 4.96 Å². The summed E-state index contributed by atoms with van der Waals surface area (Å²) in [6.07, 6.45) is 0. The number of aromatic nitrogens is 2. The number of nitrogens with one attached hydrogen (secondary N) is 1. The summed E-state index contributed by atoms with van der Waals surface area (Å²) in [7, 11) is 0. The van der Waals surface area contributed by atoms with Crippen LogP contribution in [-0.4, -0.2) is 9.38 Å². The van der Waals surface area contributed by atoms with Crippen LogP contribution in [0.5, 0.6) is 0 Å².